The van der Waals surface area contributed by atoms with Crippen molar-refractivity contribution in [3.63, 3.8) is 0 Å². The second-order valence-electron chi connectivity index (χ2n) is 9.51. The number of hydrogen-bond acceptors (Lipinski definition) is 7. The van der Waals surface area contributed by atoms with Crippen molar-refractivity contribution in [1.82, 2.24) is 19.9 Å². The van der Waals surface area contributed by atoms with Crippen LogP contribution < -0.4 is 15.1 Å². The Morgan fingerprint density at radius 1 is 0.769 bits per heavy atom. The van der Waals surface area contributed by atoms with E-state index in [1.807, 2.05) is 55.8 Å². The van der Waals surface area contributed by atoms with Gasteiger partial charge in [-0.25, -0.2) is 4.98 Å². The van der Waals surface area contributed by atoms with E-state index in [0.29, 0.717) is 6.42 Å². The molecule has 1 fully saturated rings. The summed E-state index contributed by atoms with van der Waals surface area (Å²) in [6, 6.07) is 20.3. The first-order chi connectivity index (χ1) is 19.2. The number of pyridine rings is 2. The highest BCUT2D eigenvalue weighted by molar-refractivity contribution is 5.94. The molecule has 0 aliphatic carbocycles. The molecule has 1 saturated heterocycles. The van der Waals surface area contributed by atoms with Crippen LogP contribution in [0.1, 0.15) is 13.3 Å². The molecule has 0 bridgehead atoms. The summed E-state index contributed by atoms with van der Waals surface area (Å²) in [4.78, 5) is 34.8. The molecular formula is C31H29N7O. The molecule has 2 aromatic carbocycles. The number of benzene rings is 2. The molecule has 6 rings (SSSR count). The quantitative estimate of drug-likeness (QED) is 0.323. The van der Waals surface area contributed by atoms with E-state index < -0.39 is 0 Å². The van der Waals surface area contributed by atoms with Crippen LogP contribution in [0.15, 0.2) is 91.6 Å². The summed E-state index contributed by atoms with van der Waals surface area (Å²) in [7, 11) is 0. The Bertz CT molecular complexity index is 1600. The molecule has 0 spiro atoms. The lowest BCUT2D eigenvalue weighted by molar-refractivity contribution is -0.115. The first-order valence-corrected chi connectivity index (χ1v) is 13.2. The van der Waals surface area contributed by atoms with Crippen molar-refractivity contribution in [2.75, 3.05) is 41.3 Å². The highest BCUT2D eigenvalue weighted by atomic mass is 16.1. The molecule has 3 aromatic heterocycles. The van der Waals surface area contributed by atoms with Crippen LogP contribution in [-0.2, 0) is 4.79 Å². The summed E-state index contributed by atoms with van der Waals surface area (Å²) in [5.41, 5.74) is 7.81. The molecule has 8 nitrogen and oxygen atoms in total. The molecule has 8 heteroatoms. The standard InChI is InChI=1S/C31H29N7O/c1-2-31(39)35-24-4-5-26(27(20-24)22-7-11-32-12-8-22)23-3-6-28-29(19-23)36-30(21-34-28)38-17-15-37(16-18-38)25-9-13-33-14-10-25/h3-14,19-21H,2,15-18H2,1H3,(H,35,39). The third kappa shape index (κ3) is 5.27. The van der Waals surface area contributed by atoms with Gasteiger partial charge < -0.3 is 15.1 Å². The van der Waals surface area contributed by atoms with Crippen molar-refractivity contribution in [2.45, 2.75) is 13.3 Å². The van der Waals surface area contributed by atoms with Crippen molar-refractivity contribution in [3.8, 4) is 22.3 Å². The van der Waals surface area contributed by atoms with Gasteiger partial charge in [0, 0.05) is 68.8 Å². The summed E-state index contributed by atoms with van der Waals surface area (Å²) in [5, 5.41) is 2.98. The molecule has 5 aromatic rings. The molecular weight excluding hydrogens is 486 g/mol. The average Bonchev–Trinajstić information content (AvgIpc) is 3.01. The van der Waals surface area contributed by atoms with Gasteiger partial charge in [0.2, 0.25) is 5.91 Å². The minimum Gasteiger partial charge on any atom is -0.368 e. The number of amides is 1. The summed E-state index contributed by atoms with van der Waals surface area (Å²) in [6.07, 6.45) is 9.53. The van der Waals surface area contributed by atoms with Crippen molar-refractivity contribution in [1.29, 1.82) is 0 Å². The summed E-state index contributed by atoms with van der Waals surface area (Å²) in [6.45, 7) is 5.43. The van der Waals surface area contributed by atoms with Crippen molar-refractivity contribution in [3.05, 3.63) is 91.6 Å². The zero-order chi connectivity index (χ0) is 26.6. The summed E-state index contributed by atoms with van der Waals surface area (Å²) in [5.74, 6) is 0.875. The van der Waals surface area contributed by atoms with E-state index in [1.165, 1.54) is 5.69 Å². The maximum atomic E-state index is 12.0. The van der Waals surface area contributed by atoms with Crippen LogP contribution in [0.2, 0.25) is 0 Å². The predicted molar refractivity (Wildman–Crippen MR) is 156 cm³/mol. The van der Waals surface area contributed by atoms with Gasteiger partial charge in [-0.3, -0.25) is 19.7 Å². The summed E-state index contributed by atoms with van der Waals surface area (Å²) >= 11 is 0. The normalized spacial score (nSPS) is 13.5. The Labute approximate surface area is 227 Å². The van der Waals surface area contributed by atoms with Crippen LogP contribution in [0.4, 0.5) is 17.2 Å². The van der Waals surface area contributed by atoms with Crippen LogP contribution in [0, 0.1) is 0 Å². The third-order valence-corrected chi connectivity index (χ3v) is 7.09. The number of aromatic nitrogens is 4. The SMILES string of the molecule is CCC(=O)Nc1ccc(-c2ccc3ncc(N4CCN(c5ccncc5)CC4)nc3c2)c(-c2ccncc2)c1. The van der Waals surface area contributed by atoms with E-state index in [-0.39, 0.29) is 5.91 Å². The van der Waals surface area contributed by atoms with Crippen LogP contribution in [0.5, 0.6) is 0 Å². The minimum atomic E-state index is -0.0152. The van der Waals surface area contributed by atoms with Gasteiger partial charge in [-0.05, 0) is 70.8 Å². The van der Waals surface area contributed by atoms with Crippen molar-refractivity contribution < 1.29 is 4.79 Å². The molecule has 194 valence electrons. The molecule has 0 saturated carbocycles. The molecule has 1 N–H and O–H groups in total. The van der Waals surface area contributed by atoms with E-state index >= 15 is 0 Å². The Kier molecular flexibility index (Phi) is 6.82. The van der Waals surface area contributed by atoms with E-state index in [4.69, 9.17) is 9.97 Å². The maximum absolute atomic E-state index is 12.0. The van der Waals surface area contributed by atoms with Crippen LogP contribution in [0.3, 0.4) is 0 Å². The molecule has 1 amide bonds. The lowest BCUT2D eigenvalue weighted by Crippen LogP contribution is -2.46. The molecule has 39 heavy (non-hydrogen) atoms. The number of fused-ring (bicyclic) bond motifs is 1. The van der Waals surface area contributed by atoms with Gasteiger partial charge in [0.1, 0.15) is 5.82 Å². The Balaban J connectivity index is 1.31. The van der Waals surface area contributed by atoms with Crippen LogP contribution >= 0.6 is 0 Å². The van der Waals surface area contributed by atoms with Gasteiger partial charge in [0.05, 0.1) is 17.2 Å². The number of piperazine rings is 1. The van der Waals surface area contributed by atoms with E-state index in [0.717, 1.165) is 71.0 Å². The number of carbonyl (C=O) groups excluding carboxylic acids is 1. The van der Waals surface area contributed by atoms with Gasteiger partial charge in [-0.15, -0.1) is 0 Å². The molecule has 1 aliphatic rings. The fourth-order valence-corrected chi connectivity index (χ4v) is 4.96. The van der Waals surface area contributed by atoms with Crippen molar-refractivity contribution >= 4 is 34.1 Å². The fraction of sp³-hybridized carbons (Fsp3) is 0.194. The fourth-order valence-electron chi connectivity index (χ4n) is 4.96. The lowest BCUT2D eigenvalue weighted by atomic mass is 9.94. The maximum Gasteiger partial charge on any atom is 0.224 e. The second kappa shape index (κ2) is 10.9. The summed E-state index contributed by atoms with van der Waals surface area (Å²) < 4.78 is 0. The minimum absolute atomic E-state index is 0.0152. The Hall–Kier alpha value is -4.85. The third-order valence-electron chi connectivity index (χ3n) is 7.09. The first-order valence-electron chi connectivity index (χ1n) is 13.2. The molecule has 1 aliphatic heterocycles. The second-order valence-corrected chi connectivity index (χ2v) is 9.51. The first kappa shape index (κ1) is 24.5. The van der Waals surface area contributed by atoms with Gasteiger partial charge in [0.25, 0.3) is 0 Å². The Morgan fingerprint density at radius 3 is 2.23 bits per heavy atom. The topological polar surface area (TPSA) is 87.1 Å². The number of nitrogens with one attached hydrogen (secondary N) is 1. The van der Waals surface area contributed by atoms with Gasteiger partial charge in [-0.1, -0.05) is 19.1 Å². The van der Waals surface area contributed by atoms with Gasteiger partial charge in [-0.2, -0.15) is 0 Å². The molecule has 0 unspecified atom stereocenters. The van der Waals surface area contributed by atoms with E-state index in [2.05, 4.69) is 55.4 Å². The van der Waals surface area contributed by atoms with E-state index in [1.54, 1.807) is 12.4 Å². The number of carbonyl (C=O) groups is 1. The predicted octanol–water partition coefficient (Wildman–Crippen LogP) is 5.43. The zero-order valence-corrected chi connectivity index (χ0v) is 21.8. The Morgan fingerprint density at radius 2 is 1.49 bits per heavy atom. The number of anilines is 3. The van der Waals surface area contributed by atoms with Gasteiger partial charge >= 0.3 is 0 Å². The average molecular weight is 516 g/mol. The largest absolute Gasteiger partial charge is 0.368 e. The number of hydrogen-bond donors (Lipinski definition) is 1. The monoisotopic (exact) mass is 515 g/mol. The molecule has 0 radical (unpaired) electrons. The number of nitrogens with zero attached hydrogens (tertiary/aromatic N) is 6. The van der Waals surface area contributed by atoms with Crippen LogP contribution in [-0.4, -0.2) is 52.0 Å². The molecule has 4 heterocycles. The van der Waals surface area contributed by atoms with Crippen molar-refractivity contribution in [2.24, 2.45) is 0 Å². The zero-order valence-electron chi connectivity index (χ0n) is 21.8. The van der Waals surface area contributed by atoms with E-state index in [9.17, 15) is 4.79 Å². The highest BCUT2D eigenvalue weighted by Gasteiger charge is 2.19. The van der Waals surface area contributed by atoms with Crippen LogP contribution in [0.25, 0.3) is 33.3 Å². The number of rotatable bonds is 6. The lowest BCUT2D eigenvalue weighted by Gasteiger charge is -2.36. The molecule has 0 atom stereocenters. The van der Waals surface area contributed by atoms with Gasteiger partial charge in [0.15, 0.2) is 0 Å². The smallest absolute Gasteiger partial charge is 0.224 e. The highest BCUT2D eigenvalue weighted by Crippen LogP contribution is 2.35.